The molecule has 0 aliphatic carbocycles. The topological polar surface area (TPSA) is 16.1 Å². The second kappa shape index (κ2) is 3.98. The van der Waals surface area contributed by atoms with Crippen molar-refractivity contribution < 1.29 is 0 Å². The number of hydrogen-bond acceptors (Lipinski definition) is 3. The van der Waals surface area contributed by atoms with Crippen molar-refractivity contribution in [3.05, 3.63) is 40.9 Å². The molecule has 0 saturated carbocycles. The van der Waals surface area contributed by atoms with E-state index >= 15 is 0 Å². The van der Waals surface area contributed by atoms with Gasteiger partial charge in [0.15, 0.2) is 5.13 Å². The molecule has 0 saturated heterocycles. The maximum atomic E-state index is 5.76. The molecule has 0 spiro atoms. The van der Waals surface area contributed by atoms with Crippen LogP contribution in [0.5, 0.6) is 0 Å². The van der Waals surface area contributed by atoms with Crippen molar-refractivity contribution in [3.8, 4) is 0 Å². The molecular formula is C10H9ClN2S. The number of para-hydroxylation sites is 1. The van der Waals surface area contributed by atoms with E-state index in [1.807, 2.05) is 47.7 Å². The molecule has 1 aromatic carbocycles. The molecule has 4 heteroatoms. The van der Waals surface area contributed by atoms with Gasteiger partial charge in [0.05, 0.1) is 0 Å². The molecule has 0 fully saturated rings. The highest BCUT2D eigenvalue weighted by Crippen LogP contribution is 2.27. The summed E-state index contributed by atoms with van der Waals surface area (Å²) >= 11 is 7.30. The molecule has 0 N–H and O–H groups in total. The average Bonchev–Trinajstić information content (AvgIpc) is 2.65. The molecule has 0 aliphatic rings. The van der Waals surface area contributed by atoms with E-state index < -0.39 is 0 Å². The third kappa shape index (κ3) is 1.89. The number of rotatable bonds is 2. The predicted molar refractivity (Wildman–Crippen MR) is 61.6 cm³/mol. The van der Waals surface area contributed by atoms with Gasteiger partial charge in [-0.3, -0.25) is 0 Å². The lowest BCUT2D eigenvalue weighted by molar-refractivity contribution is 1.17. The van der Waals surface area contributed by atoms with Crippen LogP contribution in [0.2, 0.25) is 5.15 Å². The van der Waals surface area contributed by atoms with E-state index in [0.29, 0.717) is 5.15 Å². The summed E-state index contributed by atoms with van der Waals surface area (Å²) in [5, 5.41) is 3.28. The molecule has 1 aromatic heterocycles. The summed E-state index contributed by atoms with van der Waals surface area (Å²) < 4.78 is 0. The van der Waals surface area contributed by atoms with Gasteiger partial charge in [-0.1, -0.05) is 29.8 Å². The summed E-state index contributed by atoms with van der Waals surface area (Å²) in [6.07, 6.45) is 0. The fourth-order valence-electron chi connectivity index (χ4n) is 1.16. The summed E-state index contributed by atoms with van der Waals surface area (Å²) in [7, 11) is 1.98. The molecule has 0 aliphatic heterocycles. The molecule has 2 rings (SSSR count). The predicted octanol–water partition coefficient (Wildman–Crippen LogP) is 3.56. The summed E-state index contributed by atoms with van der Waals surface area (Å²) in [6.45, 7) is 0. The standard InChI is InChI=1S/C10H9ClN2S/c1-13(8-5-3-2-4-6-8)10-12-9(11)7-14-10/h2-7H,1H3. The van der Waals surface area contributed by atoms with Gasteiger partial charge in [-0.15, -0.1) is 11.3 Å². The second-order valence-corrected chi connectivity index (χ2v) is 4.07. The maximum absolute atomic E-state index is 5.76. The lowest BCUT2D eigenvalue weighted by atomic mass is 10.3. The van der Waals surface area contributed by atoms with Crippen molar-refractivity contribution in [2.75, 3.05) is 11.9 Å². The zero-order valence-electron chi connectivity index (χ0n) is 7.64. The Labute approximate surface area is 91.8 Å². The number of hydrogen-bond donors (Lipinski definition) is 0. The summed E-state index contributed by atoms with van der Waals surface area (Å²) in [5.74, 6) is 0. The van der Waals surface area contributed by atoms with Gasteiger partial charge in [-0.05, 0) is 12.1 Å². The fraction of sp³-hybridized carbons (Fsp3) is 0.100. The van der Waals surface area contributed by atoms with Crippen molar-refractivity contribution in [3.63, 3.8) is 0 Å². The highest BCUT2D eigenvalue weighted by atomic mass is 35.5. The van der Waals surface area contributed by atoms with Gasteiger partial charge in [0, 0.05) is 18.1 Å². The van der Waals surface area contributed by atoms with Crippen LogP contribution in [0.1, 0.15) is 0 Å². The van der Waals surface area contributed by atoms with E-state index in [1.54, 1.807) is 0 Å². The smallest absolute Gasteiger partial charge is 0.191 e. The Kier molecular flexibility index (Phi) is 2.70. The molecule has 0 atom stereocenters. The molecule has 14 heavy (non-hydrogen) atoms. The van der Waals surface area contributed by atoms with Gasteiger partial charge >= 0.3 is 0 Å². The van der Waals surface area contributed by atoms with Crippen LogP contribution in [0, 0.1) is 0 Å². The average molecular weight is 225 g/mol. The first-order chi connectivity index (χ1) is 6.77. The van der Waals surface area contributed by atoms with Gasteiger partial charge in [-0.2, -0.15) is 0 Å². The Morgan fingerprint density at radius 1 is 1.29 bits per heavy atom. The van der Waals surface area contributed by atoms with Crippen molar-refractivity contribution >= 4 is 33.8 Å². The first-order valence-electron chi connectivity index (χ1n) is 4.17. The number of aromatic nitrogens is 1. The van der Waals surface area contributed by atoms with Crippen LogP contribution < -0.4 is 4.90 Å². The van der Waals surface area contributed by atoms with Gasteiger partial charge in [0.2, 0.25) is 0 Å². The van der Waals surface area contributed by atoms with E-state index in [-0.39, 0.29) is 0 Å². The van der Waals surface area contributed by atoms with Crippen LogP contribution in [0.15, 0.2) is 35.7 Å². The minimum Gasteiger partial charge on any atom is -0.321 e. The fourth-order valence-corrected chi connectivity index (χ4v) is 2.10. The molecule has 0 radical (unpaired) electrons. The Balaban J connectivity index is 2.29. The van der Waals surface area contributed by atoms with Crippen LogP contribution >= 0.6 is 22.9 Å². The van der Waals surface area contributed by atoms with Crippen molar-refractivity contribution in [1.82, 2.24) is 4.98 Å². The highest BCUT2D eigenvalue weighted by molar-refractivity contribution is 7.14. The van der Waals surface area contributed by atoms with Crippen molar-refractivity contribution in [2.24, 2.45) is 0 Å². The number of thiazole rings is 1. The van der Waals surface area contributed by atoms with Gasteiger partial charge < -0.3 is 4.90 Å². The molecule has 2 nitrogen and oxygen atoms in total. The monoisotopic (exact) mass is 224 g/mol. The van der Waals surface area contributed by atoms with E-state index in [9.17, 15) is 0 Å². The maximum Gasteiger partial charge on any atom is 0.191 e. The molecule has 0 bridgehead atoms. The van der Waals surface area contributed by atoms with Crippen molar-refractivity contribution in [1.29, 1.82) is 0 Å². The van der Waals surface area contributed by atoms with Crippen molar-refractivity contribution in [2.45, 2.75) is 0 Å². The highest BCUT2D eigenvalue weighted by Gasteiger charge is 2.06. The molecule has 0 amide bonds. The number of benzene rings is 1. The van der Waals surface area contributed by atoms with Crippen LogP contribution in [-0.2, 0) is 0 Å². The van der Waals surface area contributed by atoms with Gasteiger partial charge in [0.25, 0.3) is 0 Å². The Morgan fingerprint density at radius 2 is 2.00 bits per heavy atom. The largest absolute Gasteiger partial charge is 0.321 e. The summed E-state index contributed by atoms with van der Waals surface area (Å²) in [6, 6.07) is 10.1. The number of nitrogens with zero attached hydrogens (tertiary/aromatic N) is 2. The Morgan fingerprint density at radius 3 is 2.57 bits per heavy atom. The SMILES string of the molecule is CN(c1ccccc1)c1nc(Cl)cs1. The van der Waals surface area contributed by atoms with E-state index in [1.165, 1.54) is 11.3 Å². The molecule has 2 aromatic rings. The van der Waals surface area contributed by atoms with Gasteiger partial charge in [0.1, 0.15) is 5.15 Å². The third-order valence-corrected chi connectivity index (χ3v) is 3.13. The third-order valence-electron chi connectivity index (χ3n) is 1.89. The first-order valence-corrected chi connectivity index (χ1v) is 5.43. The normalized spacial score (nSPS) is 10.1. The van der Waals surface area contributed by atoms with Crippen LogP contribution in [0.3, 0.4) is 0 Å². The minimum atomic E-state index is 0.549. The van der Waals surface area contributed by atoms with Gasteiger partial charge in [-0.25, -0.2) is 4.98 Å². The lowest BCUT2D eigenvalue weighted by Gasteiger charge is -2.14. The quantitative estimate of drug-likeness (QED) is 0.776. The lowest BCUT2D eigenvalue weighted by Crippen LogP contribution is -2.08. The first kappa shape index (κ1) is 9.49. The zero-order chi connectivity index (χ0) is 9.97. The van der Waals surface area contributed by atoms with Crippen LogP contribution in [0.25, 0.3) is 0 Å². The minimum absolute atomic E-state index is 0.549. The van der Waals surface area contributed by atoms with Crippen LogP contribution in [-0.4, -0.2) is 12.0 Å². The molecular weight excluding hydrogens is 216 g/mol. The molecule has 0 unspecified atom stereocenters. The van der Waals surface area contributed by atoms with E-state index in [4.69, 9.17) is 11.6 Å². The van der Waals surface area contributed by atoms with E-state index in [0.717, 1.165) is 10.8 Å². The zero-order valence-corrected chi connectivity index (χ0v) is 9.22. The molecule has 72 valence electrons. The Bertz CT molecular complexity index is 413. The van der Waals surface area contributed by atoms with Crippen LogP contribution in [0.4, 0.5) is 10.8 Å². The summed E-state index contributed by atoms with van der Waals surface area (Å²) in [4.78, 5) is 6.21. The summed E-state index contributed by atoms with van der Waals surface area (Å²) in [5.41, 5.74) is 1.11. The van der Waals surface area contributed by atoms with E-state index in [2.05, 4.69) is 4.98 Å². The Hall–Kier alpha value is -1.06. The number of halogens is 1. The molecule has 1 heterocycles. The number of anilines is 2. The second-order valence-electron chi connectivity index (χ2n) is 2.85.